The number of nitrogens with two attached hydrogens (primary N) is 1. The third-order valence-corrected chi connectivity index (χ3v) is 3.52. The smallest absolute Gasteiger partial charge is 0.220 e. The van der Waals surface area contributed by atoms with Gasteiger partial charge >= 0.3 is 0 Å². The summed E-state index contributed by atoms with van der Waals surface area (Å²) < 4.78 is 0. The van der Waals surface area contributed by atoms with E-state index in [9.17, 15) is 4.79 Å². The quantitative estimate of drug-likeness (QED) is 0.793. The molecule has 2 atom stereocenters. The van der Waals surface area contributed by atoms with E-state index < -0.39 is 0 Å². The van der Waals surface area contributed by atoms with Crippen molar-refractivity contribution < 1.29 is 4.79 Å². The summed E-state index contributed by atoms with van der Waals surface area (Å²) in [6.45, 7) is 7.51. The first-order valence-corrected chi connectivity index (χ1v) is 7.10. The Kier molecular flexibility index (Phi) is 6.57. The standard InChI is InChI=1S/C16H26N2O/c1-4-14(15-7-5-12(2)6-8-15)9-16(19)18-11-13(3)10-17/h5-8,13-14H,4,9-11,17H2,1-3H3,(H,18,19). The molecule has 0 fully saturated rings. The Hall–Kier alpha value is -1.35. The minimum atomic E-state index is 0.118. The predicted octanol–water partition coefficient (Wildman–Crippen LogP) is 2.59. The van der Waals surface area contributed by atoms with Crippen molar-refractivity contribution in [3.05, 3.63) is 35.4 Å². The fourth-order valence-electron chi connectivity index (χ4n) is 2.00. The van der Waals surface area contributed by atoms with Crippen molar-refractivity contribution in [2.24, 2.45) is 11.7 Å². The first kappa shape index (κ1) is 15.7. The van der Waals surface area contributed by atoms with Gasteiger partial charge in [-0.2, -0.15) is 0 Å². The lowest BCUT2D eigenvalue weighted by Gasteiger charge is -2.16. The Morgan fingerprint density at radius 3 is 2.47 bits per heavy atom. The number of benzene rings is 1. The number of aryl methyl sites for hydroxylation is 1. The lowest BCUT2D eigenvalue weighted by Crippen LogP contribution is -2.32. The van der Waals surface area contributed by atoms with Crippen molar-refractivity contribution in [1.29, 1.82) is 0 Å². The van der Waals surface area contributed by atoms with E-state index in [4.69, 9.17) is 5.73 Å². The van der Waals surface area contributed by atoms with Crippen LogP contribution in [0.15, 0.2) is 24.3 Å². The fourth-order valence-corrected chi connectivity index (χ4v) is 2.00. The van der Waals surface area contributed by atoms with Crippen molar-refractivity contribution >= 4 is 5.91 Å². The monoisotopic (exact) mass is 262 g/mol. The largest absolute Gasteiger partial charge is 0.356 e. The van der Waals surface area contributed by atoms with E-state index in [0.29, 0.717) is 31.3 Å². The maximum atomic E-state index is 11.9. The lowest BCUT2D eigenvalue weighted by atomic mass is 9.92. The van der Waals surface area contributed by atoms with Crippen LogP contribution in [-0.4, -0.2) is 19.0 Å². The highest BCUT2D eigenvalue weighted by Gasteiger charge is 2.14. The molecule has 0 aliphatic rings. The Bertz CT molecular complexity index is 386. The lowest BCUT2D eigenvalue weighted by molar-refractivity contribution is -0.121. The molecule has 0 aliphatic heterocycles. The van der Waals surface area contributed by atoms with Crippen LogP contribution in [0.3, 0.4) is 0 Å². The van der Waals surface area contributed by atoms with Crippen molar-refractivity contribution in [1.82, 2.24) is 5.32 Å². The number of nitrogens with one attached hydrogen (secondary N) is 1. The molecule has 3 heteroatoms. The van der Waals surface area contributed by atoms with Gasteiger partial charge in [0.15, 0.2) is 0 Å². The Morgan fingerprint density at radius 1 is 1.32 bits per heavy atom. The van der Waals surface area contributed by atoms with E-state index in [1.54, 1.807) is 0 Å². The fraction of sp³-hybridized carbons (Fsp3) is 0.562. The van der Waals surface area contributed by atoms with E-state index >= 15 is 0 Å². The maximum Gasteiger partial charge on any atom is 0.220 e. The summed E-state index contributed by atoms with van der Waals surface area (Å²) in [4.78, 5) is 11.9. The number of hydrogen-bond donors (Lipinski definition) is 2. The molecule has 1 rings (SSSR count). The molecule has 106 valence electrons. The summed E-state index contributed by atoms with van der Waals surface area (Å²) in [6, 6.07) is 8.46. The van der Waals surface area contributed by atoms with Crippen molar-refractivity contribution in [3.63, 3.8) is 0 Å². The first-order valence-electron chi connectivity index (χ1n) is 7.10. The second kappa shape index (κ2) is 7.95. The second-order valence-corrected chi connectivity index (χ2v) is 5.36. The Labute approximate surface area is 116 Å². The van der Waals surface area contributed by atoms with Crippen LogP contribution in [0.5, 0.6) is 0 Å². The molecule has 0 saturated carbocycles. The molecule has 19 heavy (non-hydrogen) atoms. The van der Waals surface area contributed by atoms with Gasteiger partial charge in [0.25, 0.3) is 0 Å². The molecule has 1 aromatic rings. The summed E-state index contributed by atoms with van der Waals surface area (Å²) in [5, 5.41) is 2.96. The van der Waals surface area contributed by atoms with Gasteiger partial charge in [-0.3, -0.25) is 4.79 Å². The van der Waals surface area contributed by atoms with Crippen LogP contribution in [-0.2, 0) is 4.79 Å². The molecule has 0 radical (unpaired) electrons. The average molecular weight is 262 g/mol. The van der Waals surface area contributed by atoms with Gasteiger partial charge in [0.1, 0.15) is 0 Å². The number of carbonyl (C=O) groups is 1. The van der Waals surface area contributed by atoms with Crippen LogP contribution in [0, 0.1) is 12.8 Å². The van der Waals surface area contributed by atoms with Crippen LogP contribution in [0.25, 0.3) is 0 Å². The topological polar surface area (TPSA) is 55.1 Å². The molecular formula is C16H26N2O. The van der Waals surface area contributed by atoms with E-state index in [0.717, 1.165) is 6.42 Å². The van der Waals surface area contributed by atoms with E-state index in [1.807, 2.05) is 6.92 Å². The highest BCUT2D eigenvalue weighted by Crippen LogP contribution is 2.23. The Morgan fingerprint density at radius 2 is 1.95 bits per heavy atom. The van der Waals surface area contributed by atoms with Gasteiger partial charge in [0.05, 0.1) is 0 Å². The van der Waals surface area contributed by atoms with Gasteiger partial charge < -0.3 is 11.1 Å². The summed E-state index contributed by atoms with van der Waals surface area (Å²) in [7, 11) is 0. The molecule has 0 spiro atoms. The molecule has 0 aliphatic carbocycles. The van der Waals surface area contributed by atoms with Crippen molar-refractivity contribution in [2.45, 2.75) is 39.5 Å². The SMILES string of the molecule is CCC(CC(=O)NCC(C)CN)c1ccc(C)cc1. The molecule has 2 unspecified atom stereocenters. The summed E-state index contributed by atoms with van der Waals surface area (Å²) in [5.74, 6) is 0.755. The van der Waals surface area contributed by atoms with E-state index in [2.05, 4.69) is 43.4 Å². The number of rotatable bonds is 7. The van der Waals surface area contributed by atoms with Gasteiger partial charge in [0.2, 0.25) is 5.91 Å². The summed E-state index contributed by atoms with van der Waals surface area (Å²) in [6.07, 6.45) is 1.53. The molecule has 1 aromatic carbocycles. The molecule has 3 N–H and O–H groups in total. The zero-order valence-electron chi connectivity index (χ0n) is 12.3. The normalized spacial score (nSPS) is 13.9. The predicted molar refractivity (Wildman–Crippen MR) is 80.1 cm³/mol. The maximum absolute atomic E-state index is 11.9. The number of amides is 1. The first-order chi connectivity index (χ1) is 9.06. The zero-order valence-corrected chi connectivity index (χ0v) is 12.3. The zero-order chi connectivity index (χ0) is 14.3. The molecule has 0 aromatic heterocycles. The van der Waals surface area contributed by atoms with Crippen LogP contribution >= 0.6 is 0 Å². The van der Waals surface area contributed by atoms with Gasteiger partial charge in [-0.1, -0.05) is 43.7 Å². The van der Waals surface area contributed by atoms with E-state index in [1.165, 1.54) is 11.1 Å². The minimum absolute atomic E-state index is 0.118. The molecule has 0 bridgehead atoms. The van der Waals surface area contributed by atoms with Crippen LogP contribution < -0.4 is 11.1 Å². The second-order valence-electron chi connectivity index (χ2n) is 5.36. The van der Waals surface area contributed by atoms with Crippen molar-refractivity contribution in [3.8, 4) is 0 Å². The highest BCUT2D eigenvalue weighted by atomic mass is 16.1. The summed E-state index contributed by atoms with van der Waals surface area (Å²) in [5.41, 5.74) is 8.03. The van der Waals surface area contributed by atoms with Gasteiger partial charge in [-0.25, -0.2) is 0 Å². The van der Waals surface area contributed by atoms with Crippen LogP contribution in [0.1, 0.15) is 43.7 Å². The molecule has 0 saturated heterocycles. The van der Waals surface area contributed by atoms with Gasteiger partial charge in [0, 0.05) is 13.0 Å². The third kappa shape index (κ3) is 5.43. The van der Waals surface area contributed by atoms with E-state index in [-0.39, 0.29) is 5.91 Å². The molecule has 0 heterocycles. The Balaban J connectivity index is 2.52. The minimum Gasteiger partial charge on any atom is -0.356 e. The van der Waals surface area contributed by atoms with Gasteiger partial charge in [-0.15, -0.1) is 0 Å². The molecule has 1 amide bonds. The number of carbonyl (C=O) groups excluding carboxylic acids is 1. The third-order valence-electron chi connectivity index (χ3n) is 3.52. The molecular weight excluding hydrogens is 236 g/mol. The van der Waals surface area contributed by atoms with Crippen LogP contribution in [0.2, 0.25) is 0 Å². The molecule has 3 nitrogen and oxygen atoms in total. The van der Waals surface area contributed by atoms with Gasteiger partial charge in [-0.05, 0) is 37.3 Å². The highest BCUT2D eigenvalue weighted by molar-refractivity contribution is 5.76. The average Bonchev–Trinajstić information content (AvgIpc) is 2.43. The van der Waals surface area contributed by atoms with Crippen molar-refractivity contribution in [2.75, 3.05) is 13.1 Å². The summed E-state index contributed by atoms with van der Waals surface area (Å²) >= 11 is 0. The van der Waals surface area contributed by atoms with Crippen LogP contribution in [0.4, 0.5) is 0 Å². The number of hydrogen-bond acceptors (Lipinski definition) is 2.